The van der Waals surface area contributed by atoms with E-state index in [0.717, 1.165) is 62.8 Å². The van der Waals surface area contributed by atoms with Crippen molar-refractivity contribution in [3.8, 4) is 0 Å². The van der Waals surface area contributed by atoms with Gasteiger partial charge >= 0.3 is 0 Å². The van der Waals surface area contributed by atoms with Gasteiger partial charge in [0.2, 0.25) is 17.7 Å². The molecule has 9 nitrogen and oxygen atoms in total. The number of nitrogens with one attached hydrogen (secondary N) is 2. The molecule has 3 N–H and O–H groups in total. The molecule has 0 saturated heterocycles. The van der Waals surface area contributed by atoms with Gasteiger partial charge in [-0.2, -0.15) is 12.6 Å². The third-order valence-corrected chi connectivity index (χ3v) is 13.0. The largest absolute Gasteiger partial charge is 0.386 e. The molecule has 318 valence electrons. The summed E-state index contributed by atoms with van der Waals surface area (Å²) in [6.07, 6.45) is 6.45. The van der Waals surface area contributed by atoms with Crippen LogP contribution in [0.4, 0.5) is 0 Å². The van der Waals surface area contributed by atoms with Crippen molar-refractivity contribution >= 4 is 30.4 Å². The first-order chi connectivity index (χ1) is 26.5. The van der Waals surface area contributed by atoms with E-state index in [1.165, 1.54) is 11.3 Å². The predicted octanol–water partition coefficient (Wildman–Crippen LogP) is 7.72. The van der Waals surface area contributed by atoms with Crippen LogP contribution in [-0.2, 0) is 14.4 Å². The van der Waals surface area contributed by atoms with Crippen LogP contribution in [0, 0.1) is 35.5 Å². The van der Waals surface area contributed by atoms with Gasteiger partial charge in [0.1, 0.15) is 6.04 Å². The van der Waals surface area contributed by atoms with E-state index < -0.39 is 18.1 Å². The molecule has 2 aliphatic carbocycles. The van der Waals surface area contributed by atoms with Crippen molar-refractivity contribution in [1.29, 1.82) is 0 Å². The Morgan fingerprint density at radius 3 is 2.02 bits per heavy atom. The van der Waals surface area contributed by atoms with E-state index in [-0.39, 0.29) is 59.6 Å². The molecule has 0 heterocycles. The van der Waals surface area contributed by atoms with Gasteiger partial charge in [0.25, 0.3) is 0 Å². The number of nitrogens with zero attached hydrogens (tertiary/aromatic N) is 3. The standard InChI is InChI=1S/C46H79N5O4S/c1-13-15-25-51(34(10)32(8)45(54)47-33(9)44(53)37-19-17-16-18-20-37)39(52)28-38(35-21-22-35)43(31(7)14-2)50(12)46(55)40(29(3)4)48-41(36-23-24-36)42(30(5)6)49(11)26-27-56/h16-20,29-35,38,40,42-44,48,53,56H,13-15,21-28H2,1-12H3,(H,47,54)/t31?,32?,33?,34?,38?,40-,42?,43?,44?/m0/s1. The highest BCUT2D eigenvalue weighted by molar-refractivity contribution is 7.80. The normalized spacial score (nSPS) is 19.1. The van der Waals surface area contributed by atoms with Crippen LogP contribution in [0.3, 0.4) is 0 Å². The van der Waals surface area contributed by atoms with Crippen molar-refractivity contribution in [3.05, 3.63) is 47.2 Å². The molecule has 2 aliphatic rings. The number of unbranched alkanes of at least 4 members (excludes halogenated alkanes) is 1. The summed E-state index contributed by atoms with van der Waals surface area (Å²) >= 11 is 4.53. The molecular weight excluding hydrogens is 719 g/mol. The maximum Gasteiger partial charge on any atom is 0.245 e. The SMILES string of the molecule is CCCCN(C(=O)CC(C1CC1)C(C(C)CC)N(C)C(=O)[C@@H](NC(=C1CC1)C(C(C)C)N(C)CCS)C(C)C)C(C)C(C)C(=O)NC(C)C(O)c1ccccc1. The minimum absolute atomic E-state index is 0.0203. The number of carbonyl (C=O) groups excluding carboxylic acids is 3. The summed E-state index contributed by atoms with van der Waals surface area (Å²) in [5, 5.41) is 17.8. The van der Waals surface area contributed by atoms with Gasteiger partial charge in [-0.05, 0) is 93.7 Å². The molecule has 3 amide bonds. The Hall–Kier alpha value is -2.56. The fourth-order valence-electron chi connectivity index (χ4n) is 8.62. The molecule has 8 unspecified atom stereocenters. The Balaban J connectivity index is 1.86. The number of amides is 3. The van der Waals surface area contributed by atoms with Crippen molar-refractivity contribution in [2.75, 3.05) is 32.9 Å². The molecule has 9 atom stereocenters. The molecule has 0 aliphatic heterocycles. The smallest absolute Gasteiger partial charge is 0.245 e. The van der Waals surface area contributed by atoms with Gasteiger partial charge in [0.15, 0.2) is 0 Å². The molecule has 2 fully saturated rings. The highest BCUT2D eigenvalue weighted by atomic mass is 32.1. The van der Waals surface area contributed by atoms with Crippen molar-refractivity contribution in [2.24, 2.45) is 35.5 Å². The zero-order valence-electron chi connectivity index (χ0n) is 37.1. The van der Waals surface area contributed by atoms with E-state index in [9.17, 15) is 19.5 Å². The topological polar surface area (TPSA) is 105 Å². The second-order valence-electron chi connectivity index (χ2n) is 17.9. The summed E-state index contributed by atoms with van der Waals surface area (Å²) in [5.41, 5.74) is 3.38. The number of hydrogen-bond acceptors (Lipinski definition) is 7. The van der Waals surface area contributed by atoms with Crippen LogP contribution in [0.5, 0.6) is 0 Å². The first-order valence-electron chi connectivity index (χ1n) is 21.9. The van der Waals surface area contributed by atoms with Crippen molar-refractivity contribution < 1.29 is 19.5 Å². The molecule has 1 aromatic carbocycles. The van der Waals surface area contributed by atoms with Crippen LogP contribution in [0.15, 0.2) is 41.6 Å². The first kappa shape index (κ1) is 47.8. The number of aliphatic hydroxyl groups excluding tert-OH is 1. The minimum Gasteiger partial charge on any atom is -0.386 e. The number of allylic oxidation sites excluding steroid dienone is 1. The van der Waals surface area contributed by atoms with Crippen molar-refractivity contribution in [3.63, 3.8) is 0 Å². The molecule has 0 radical (unpaired) electrons. The van der Waals surface area contributed by atoms with Gasteiger partial charge in [0.05, 0.1) is 24.1 Å². The minimum atomic E-state index is -0.838. The van der Waals surface area contributed by atoms with Gasteiger partial charge in [0, 0.05) is 50.1 Å². The third-order valence-electron chi connectivity index (χ3n) is 12.8. The summed E-state index contributed by atoms with van der Waals surface area (Å²) in [6.45, 7) is 22.4. The molecule has 0 aromatic heterocycles. The summed E-state index contributed by atoms with van der Waals surface area (Å²) < 4.78 is 0. The quantitative estimate of drug-likeness (QED) is 0.0757. The van der Waals surface area contributed by atoms with Gasteiger partial charge in [-0.25, -0.2) is 0 Å². The number of benzene rings is 1. The molecule has 10 heteroatoms. The first-order valence-corrected chi connectivity index (χ1v) is 22.5. The Bertz CT molecular complexity index is 1410. The monoisotopic (exact) mass is 798 g/mol. The maximum absolute atomic E-state index is 14.9. The Morgan fingerprint density at radius 1 is 0.893 bits per heavy atom. The second-order valence-corrected chi connectivity index (χ2v) is 18.4. The van der Waals surface area contributed by atoms with Gasteiger partial charge in [-0.3, -0.25) is 19.3 Å². The van der Waals surface area contributed by atoms with Crippen LogP contribution in [-0.4, -0.2) is 101 Å². The highest BCUT2D eigenvalue weighted by Crippen LogP contribution is 2.44. The van der Waals surface area contributed by atoms with Crippen molar-refractivity contribution in [2.45, 2.75) is 157 Å². The summed E-state index contributed by atoms with van der Waals surface area (Å²) in [5.74, 6) is 1.29. The zero-order chi connectivity index (χ0) is 41.9. The summed E-state index contributed by atoms with van der Waals surface area (Å²) in [4.78, 5) is 49.5. The van der Waals surface area contributed by atoms with Crippen LogP contribution in [0.25, 0.3) is 0 Å². The van der Waals surface area contributed by atoms with E-state index in [1.807, 2.05) is 68.0 Å². The molecule has 2 saturated carbocycles. The van der Waals surface area contributed by atoms with E-state index in [1.54, 1.807) is 0 Å². The Labute approximate surface area is 346 Å². The van der Waals surface area contributed by atoms with Crippen LogP contribution >= 0.6 is 12.6 Å². The molecule has 0 bridgehead atoms. The lowest BCUT2D eigenvalue weighted by molar-refractivity contribution is -0.143. The zero-order valence-corrected chi connectivity index (χ0v) is 37.9. The fraction of sp³-hybridized carbons (Fsp3) is 0.761. The van der Waals surface area contributed by atoms with Gasteiger partial charge in [-0.1, -0.05) is 98.6 Å². The maximum atomic E-state index is 14.9. The van der Waals surface area contributed by atoms with Crippen LogP contribution in [0.1, 0.15) is 132 Å². The lowest BCUT2D eigenvalue weighted by Crippen LogP contribution is -2.57. The van der Waals surface area contributed by atoms with Crippen LogP contribution in [0.2, 0.25) is 0 Å². The molecule has 1 aromatic rings. The predicted molar refractivity (Wildman–Crippen MR) is 234 cm³/mol. The van der Waals surface area contributed by atoms with Gasteiger partial charge < -0.3 is 25.5 Å². The third kappa shape index (κ3) is 13.0. The number of rotatable bonds is 25. The number of hydrogen-bond donors (Lipinski definition) is 4. The molecule has 56 heavy (non-hydrogen) atoms. The number of thiol groups is 1. The number of carbonyl (C=O) groups is 3. The number of aliphatic hydroxyl groups is 1. The van der Waals surface area contributed by atoms with Crippen LogP contribution < -0.4 is 10.6 Å². The van der Waals surface area contributed by atoms with E-state index in [2.05, 4.69) is 83.7 Å². The Kier molecular flexibility index (Phi) is 19.3. The lowest BCUT2D eigenvalue weighted by atomic mass is 9.80. The van der Waals surface area contributed by atoms with E-state index in [0.29, 0.717) is 24.8 Å². The molecule has 0 spiro atoms. The Morgan fingerprint density at radius 2 is 1.52 bits per heavy atom. The summed E-state index contributed by atoms with van der Waals surface area (Å²) in [7, 11) is 4.14. The molecular formula is C46H79N5O4S. The number of likely N-dealkylation sites (N-methyl/N-ethyl adjacent to an activating group) is 2. The average molecular weight is 798 g/mol. The van der Waals surface area contributed by atoms with Gasteiger partial charge in [-0.15, -0.1) is 0 Å². The second kappa shape index (κ2) is 22.6. The fourth-order valence-corrected chi connectivity index (χ4v) is 8.94. The molecule has 3 rings (SSSR count). The van der Waals surface area contributed by atoms with E-state index >= 15 is 0 Å². The lowest BCUT2D eigenvalue weighted by Gasteiger charge is -2.43. The summed E-state index contributed by atoms with van der Waals surface area (Å²) in [6, 6.07) is 8.22. The highest BCUT2D eigenvalue weighted by Gasteiger charge is 2.45. The average Bonchev–Trinajstić information content (AvgIpc) is 4.10. The van der Waals surface area contributed by atoms with E-state index in [4.69, 9.17) is 0 Å². The van der Waals surface area contributed by atoms with Crippen molar-refractivity contribution in [1.82, 2.24) is 25.3 Å².